The first-order valence-electron chi connectivity index (χ1n) is 11.1. The molecule has 0 aliphatic rings. The summed E-state index contributed by atoms with van der Waals surface area (Å²) in [7, 11) is 1.24. The lowest BCUT2D eigenvalue weighted by atomic mass is 10.0. The van der Waals surface area contributed by atoms with Crippen molar-refractivity contribution in [2.24, 2.45) is 22.4 Å². The van der Waals surface area contributed by atoms with E-state index in [0.717, 1.165) is 16.7 Å². The van der Waals surface area contributed by atoms with Crippen molar-refractivity contribution in [2.75, 3.05) is 13.7 Å². The molecule has 0 radical (unpaired) electrons. The van der Waals surface area contributed by atoms with Gasteiger partial charge in [-0.3, -0.25) is 9.59 Å². The molecule has 9 heteroatoms. The van der Waals surface area contributed by atoms with Gasteiger partial charge in [0.25, 0.3) is 0 Å². The summed E-state index contributed by atoms with van der Waals surface area (Å²) in [6.07, 6.45) is 0.210. The fourth-order valence-electron chi connectivity index (χ4n) is 3.15. The van der Waals surface area contributed by atoms with Crippen LogP contribution in [0.1, 0.15) is 30.5 Å². The van der Waals surface area contributed by atoms with E-state index < -0.39 is 29.9 Å². The lowest BCUT2D eigenvalue weighted by molar-refractivity contribution is -0.145. The number of ether oxygens (including phenoxy) is 1. The lowest BCUT2D eigenvalue weighted by Crippen LogP contribution is -2.48. The van der Waals surface area contributed by atoms with Crippen LogP contribution in [-0.4, -0.2) is 49.5 Å². The molecule has 9 nitrogen and oxygen atoms in total. The summed E-state index contributed by atoms with van der Waals surface area (Å²) in [6.45, 7) is 3.22. The number of aliphatic imine (C=N–C) groups is 1. The molecule has 0 aliphatic carbocycles. The monoisotopic (exact) mass is 477 g/mol. The molecule has 0 aliphatic heterocycles. The zero-order valence-electron chi connectivity index (χ0n) is 20.1. The number of nitrogens with two attached hydrogens (primary N) is 2. The van der Waals surface area contributed by atoms with E-state index in [0.29, 0.717) is 0 Å². The molecule has 0 saturated carbocycles. The van der Waals surface area contributed by atoms with Crippen LogP contribution < -0.4 is 22.1 Å². The van der Waals surface area contributed by atoms with Crippen molar-refractivity contribution in [2.45, 2.75) is 32.4 Å². The number of hydrogen-bond acceptors (Lipinski definition) is 5. The first-order chi connectivity index (χ1) is 16.7. The van der Waals surface area contributed by atoms with E-state index in [-0.39, 0.29) is 24.8 Å². The Labute approximate surface area is 205 Å². The number of nitrogens with one attached hydrogen (secondary N) is 2. The highest BCUT2D eigenvalue weighted by atomic mass is 16.5. The number of carbonyl (C=O) groups is 3. The van der Waals surface area contributed by atoms with Crippen molar-refractivity contribution in [3.8, 4) is 11.8 Å². The Morgan fingerprint density at radius 2 is 1.57 bits per heavy atom. The standard InChI is InChI=1S/C26H31N5O4/c1-17(2)23(31-26(27)28)24(33)29-16-22(32)30-21(25(34)35-3)15-20-13-11-19(12-14-20)10-9-18-7-5-4-6-8-18/h4-8,11-14,17,21,23H,15-16H2,1-3H3,(H,29,33)(H,30,32)(H4,27,28,31)/t21-,23+/m0/s1. The Hall–Kier alpha value is -4.32. The number of rotatable bonds is 9. The van der Waals surface area contributed by atoms with Crippen LogP contribution in [0.5, 0.6) is 0 Å². The smallest absolute Gasteiger partial charge is 0.328 e. The number of nitrogens with zero attached hydrogens (tertiary/aromatic N) is 1. The largest absolute Gasteiger partial charge is 0.467 e. The van der Waals surface area contributed by atoms with Gasteiger partial charge in [-0.05, 0) is 35.7 Å². The Morgan fingerprint density at radius 1 is 0.971 bits per heavy atom. The summed E-state index contributed by atoms with van der Waals surface area (Å²) in [5, 5.41) is 5.09. The first-order valence-corrected chi connectivity index (χ1v) is 11.1. The molecule has 2 aromatic rings. The van der Waals surface area contributed by atoms with Gasteiger partial charge in [0, 0.05) is 17.5 Å². The molecule has 0 aromatic heterocycles. The van der Waals surface area contributed by atoms with Crippen molar-refractivity contribution in [3.05, 3.63) is 71.3 Å². The number of amides is 2. The number of carbonyl (C=O) groups excluding carboxylic acids is 3. The van der Waals surface area contributed by atoms with E-state index in [9.17, 15) is 14.4 Å². The quantitative estimate of drug-likeness (QED) is 0.181. The van der Waals surface area contributed by atoms with E-state index >= 15 is 0 Å². The summed E-state index contributed by atoms with van der Waals surface area (Å²) < 4.78 is 4.83. The average Bonchev–Trinajstić information content (AvgIpc) is 2.84. The van der Waals surface area contributed by atoms with Crippen molar-refractivity contribution >= 4 is 23.7 Å². The predicted molar refractivity (Wildman–Crippen MR) is 134 cm³/mol. The number of guanidine groups is 1. The van der Waals surface area contributed by atoms with Gasteiger partial charge in [-0.25, -0.2) is 9.79 Å². The third kappa shape index (κ3) is 9.21. The number of hydrogen-bond donors (Lipinski definition) is 4. The van der Waals surface area contributed by atoms with Gasteiger partial charge in [-0.2, -0.15) is 0 Å². The molecule has 0 saturated heterocycles. The minimum atomic E-state index is -0.927. The molecule has 2 atom stereocenters. The maximum Gasteiger partial charge on any atom is 0.328 e. The van der Waals surface area contributed by atoms with Crippen molar-refractivity contribution in [3.63, 3.8) is 0 Å². The molecule has 0 spiro atoms. The number of esters is 1. The average molecular weight is 478 g/mol. The van der Waals surface area contributed by atoms with Gasteiger partial charge in [0.15, 0.2) is 5.96 Å². The van der Waals surface area contributed by atoms with Gasteiger partial charge in [-0.15, -0.1) is 0 Å². The van der Waals surface area contributed by atoms with Gasteiger partial charge in [0.05, 0.1) is 13.7 Å². The minimum absolute atomic E-state index is 0.177. The zero-order chi connectivity index (χ0) is 25.8. The number of methoxy groups -OCH3 is 1. The molecule has 0 fully saturated rings. The van der Waals surface area contributed by atoms with Gasteiger partial charge >= 0.3 is 5.97 Å². The fraction of sp³-hybridized carbons (Fsp3) is 0.308. The van der Waals surface area contributed by atoms with Gasteiger partial charge in [0.1, 0.15) is 12.1 Å². The predicted octanol–water partition coefficient (Wildman–Crippen LogP) is 0.701. The molecule has 184 valence electrons. The Morgan fingerprint density at radius 3 is 2.11 bits per heavy atom. The van der Waals surface area contributed by atoms with E-state index in [1.54, 1.807) is 13.8 Å². The van der Waals surface area contributed by atoms with E-state index in [1.165, 1.54) is 7.11 Å². The summed E-state index contributed by atoms with van der Waals surface area (Å²) in [4.78, 5) is 40.9. The molecule has 35 heavy (non-hydrogen) atoms. The van der Waals surface area contributed by atoms with Crippen LogP contribution in [0.15, 0.2) is 59.6 Å². The highest BCUT2D eigenvalue weighted by Crippen LogP contribution is 2.09. The van der Waals surface area contributed by atoms with E-state index in [4.69, 9.17) is 16.2 Å². The van der Waals surface area contributed by atoms with E-state index in [2.05, 4.69) is 27.5 Å². The highest BCUT2D eigenvalue weighted by molar-refractivity contribution is 5.91. The Bertz CT molecular complexity index is 1100. The summed E-state index contributed by atoms with van der Waals surface area (Å²) in [6, 6.07) is 15.2. The molecule has 0 bridgehead atoms. The highest BCUT2D eigenvalue weighted by Gasteiger charge is 2.25. The fourth-order valence-corrected chi connectivity index (χ4v) is 3.15. The van der Waals surface area contributed by atoms with Gasteiger partial charge in [-0.1, -0.05) is 56.0 Å². The van der Waals surface area contributed by atoms with Crippen molar-refractivity contribution in [1.29, 1.82) is 0 Å². The van der Waals surface area contributed by atoms with Crippen LogP contribution in [-0.2, 0) is 25.5 Å². The molecule has 2 amide bonds. The summed E-state index contributed by atoms with van der Waals surface area (Å²) in [5.74, 6) is 4.13. The molecule has 0 heterocycles. The molecule has 6 N–H and O–H groups in total. The van der Waals surface area contributed by atoms with Crippen LogP contribution in [0.2, 0.25) is 0 Å². The van der Waals surface area contributed by atoms with Crippen LogP contribution in [0, 0.1) is 17.8 Å². The van der Waals surface area contributed by atoms with Crippen LogP contribution in [0.4, 0.5) is 0 Å². The number of benzene rings is 2. The second-order valence-corrected chi connectivity index (χ2v) is 8.12. The maximum absolute atomic E-state index is 12.4. The van der Waals surface area contributed by atoms with Gasteiger partial charge in [0.2, 0.25) is 11.8 Å². The Kier molecular flexibility index (Phi) is 10.3. The normalized spacial score (nSPS) is 11.9. The van der Waals surface area contributed by atoms with Crippen LogP contribution in [0.3, 0.4) is 0 Å². The molecule has 0 unspecified atom stereocenters. The van der Waals surface area contributed by atoms with E-state index in [1.807, 2.05) is 54.6 Å². The minimum Gasteiger partial charge on any atom is -0.467 e. The first kappa shape index (κ1) is 26.9. The second kappa shape index (κ2) is 13.4. The lowest BCUT2D eigenvalue weighted by Gasteiger charge is -2.19. The van der Waals surface area contributed by atoms with Gasteiger partial charge < -0.3 is 26.8 Å². The summed E-state index contributed by atoms with van der Waals surface area (Å²) in [5.41, 5.74) is 13.3. The topological polar surface area (TPSA) is 149 Å². The molecular weight excluding hydrogens is 446 g/mol. The molecule has 2 rings (SSSR count). The van der Waals surface area contributed by atoms with Crippen molar-refractivity contribution in [1.82, 2.24) is 10.6 Å². The molecule has 2 aromatic carbocycles. The maximum atomic E-state index is 12.4. The third-order valence-corrected chi connectivity index (χ3v) is 4.95. The summed E-state index contributed by atoms with van der Waals surface area (Å²) >= 11 is 0. The second-order valence-electron chi connectivity index (χ2n) is 8.12. The SMILES string of the molecule is COC(=O)[C@H](Cc1ccc(C#Cc2ccccc2)cc1)NC(=O)CNC(=O)[C@H](N=C(N)N)C(C)C. The van der Waals surface area contributed by atoms with Crippen molar-refractivity contribution < 1.29 is 19.1 Å². The Balaban J connectivity index is 1.99. The van der Waals surface area contributed by atoms with Crippen LogP contribution >= 0.6 is 0 Å². The molecular formula is C26H31N5O4. The van der Waals surface area contributed by atoms with Crippen LogP contribution in [0.25, 0.3) is 0 Å². The third-order valence-electron chi connectivity index (χ3n) is 4.95. The zero-order valence-corrected chi connectivity index (χ0v) is 20.1.